The van der Waals surface area contributed by atoms with Crippen LogP contribution < -0.4 is 10.1 Å². The average molecular weight is 204 g/mol. The molecule has 1 aromatic rings. The SMILES string of the molecule is COc1cccc(NC2(C#N)COC2)c1. The van der Waals surface area contributed by atoms with Crippen LogP contribution in [-0.4, -0.2) is 25.9 Å². The van der Waals surface area contributed by atoms with Crippen LogP contribution in [-0.2, 0) is 4.74 Å². The Morgan fingerprint density at radius 1 is 1.53 bits per heavy atom. The zero-order chi connectivity index (χ0) is 10.7. The highest BCUT2D eigenvalue weighted by molar-refractivity contribution is 5.52. The van der Waals surface area contributed by atoms with Crippen LogP contribution >= 0.6 is 0 Å². The fourth-order valence-electron chi connectivity index (χ4n) is 1.45. The summed E-state index contributed by atoms with van der Waals surface area (Å²) >= 11 is 0. The number of anilines is 1. The highest BCUT2D eigenvalue weighted by Gasteiger charge is 2.38. The first-order valence-electron chi connectivity index (χ1n) is 4.69. The quantitative estimate of drug-likeness (QED) is 0.808. The van der Waals surface area contributed by atoms with E-state index in [1.807, 2.05) is 24.3 Å². The molecule has 0 radical (unpaired) electrons. The van der Waals surface area contributed by atoms with Crippen molar-refractivity contribution in [3.05, 3.63) is 24.3 Å². The Hall–Kier alpha value is -1.73. The third-order valence-electron chi connectivity index (χ3n) is 2.36. The van der Waals surface area contributed by atoms with Crippen molar-refractivity contribution in [3.63, 3.8) is 0 Å². The van der Waals surface area contributed by atoms with E-state index in [4.69, 9.17) is 14.7 Å². The lowest BCUT2D eigenvalue weighted by molar-refractivity contribution is -0.0132. The molecule has 1 aliphatic rings. The fourth-order valence-corrected chi connectivity index (χ4v) is 1.45. The van der Waals surface area contributed by atoms with Gasteiger partial charge in [-0.1, -0.05) is 6.07 Å². The van der Waals surface area contributed by atoms with Crippen LogP contribution in [0, 0.1) is 11.3 Å². The molecule has 0 unspecified atom stereocenters. The third-order valence-corrected chi connectivity index (χ3v) is 2.36. The van der Waals surface area contributed by atoms with E-state index in [9.17, 15) is 0 Å². The summed E-state index contributed by atoms with van der Waals surface area (Å²) in [5.41, 5.74) is 0.311. The van der Waals surface area contributed by atoms with Crippen molar-refractivity contribution in [1.29, 1.82) is 5.26 Å². The minimum Gasteiger partial charge on any atom is -0.497 e. The smallest absolute Gasteiger partial charge is 0.172 e. The molecule has 1 aliphatic heterocycles. The maximum Gasteiger partial charge on any atom is 0.172 e. The zero-order valence-electron chi connectivity index (χ0n) is 8.49. The zero-order valence-corrected chi connectivity index (χ0v) is 8.49. The summed E-state index contributed by atoms with van der Waals surface area (Å²) in [5, 5.41) is 12.2. The van der Waals surface area contributed by atoms with Gasteiger partial charge in [0.25, 0.3) is 0 Å². The molecule has 0 bridgehead atoms. The molecule has 78 valence electrons. The van der Waals surface area contributed by atoms with E-state index in [1.165, 1.54) is 0 Å². The number of nitriles is 1. The van der Waals surface area contributed by atoms with Crippen molar-refractivity contribution in [3.8, 4) is 11.8 Å². The van der Waals surface area contributed by atoms with E-state index in [-0.39, 0.29) is 0 Å². The van der Waals surface area contributed by atoms with Crippen molar-refractivity contribution >= 4 is 5.69 Å². The van der Waals surface area contributed by atoms with Gasteiger partial charge in [-0.05, 0) is 12.1 Å². The predicted molar refractivity (Wildman–Crippen MR) is 55.8 cm³/mol. The Balaban J connectivity index is 2.13. The number of nitrogens with one attached hydrogen (secondary N) is 1. The molecule has 1 N–H and O–H groups in total. The first kappa shape index (κ1) is 9.81. The largest absolute Gasteiger partial charge is 0.497 e. The van der Waals surface area contributed by atoms with E-state index in [0.717, 1.165) is 11.4 Å². The summed E-state index contributed by atoms with van der Waals surface area (Å²) in [4.78, 5) is 0. The van der Waals surface area contributed by atoms with Crippen molar-refractivity contribution in [2.45, 2.75) is 5.54 Å². The second-order valence-corrected chi connectivity index (χ2v) is 3.54. The molecule has 4 heteroatoms. The average Bonchev–Trinajstić information content (AvgIpc) is 2.24. The minimum atomic E-state index is -0.563. The number of ether oxygens (including phenoxy) is 2. The highest BCUT2D eigenvalue weighted by Crippen LogP contribution is 2.24. The Labute approximate surface area is 88.4 Å². The van der Waals surface area contributed by atoms with Crippen molar-refractivity contribution in [1.82, 2.24) is 0 Å². The van der Waals surface area contributed by atoms with Gasteiger partial charge in [0.15, 0.2) is 5.54 Å². The number of nitrogens with zero attached hydrogens (tertiary/aromatic N) is 1. The van der Waals surface area contributed by atoms with E-state index in [1.54, 1.807) is 7.11 Å². The Kier molecular flexibility index (Phi) is 2.48. The van der Waals surface area contributed by atoms with Crippen LogP contribution in [0.3, 0.4) is 0 Å². The molecule has 1 saturated heterocycles. The molecule has 0 saturated carbocycles. The van der Waals surface area contributed by atoms with Gasteiger partial charge in [0.1, 0.15) is 5.75 Å². The molecule has 15 heavy (non-hydrogen) atoms. The van der Waals surface area contributed by atoms with Crippen molar-refractivity contribution in [2.24, 2.45) is 0 Å². The normalized spacial score (nSPS) is 17.3. The number of hydrogen-bond acceptors (Lipinski definition) is 4. The van der Waals surface area contributed by atoms with Crippen LogP contribution in [0.4, 0.5) is 5.69 Å². The summed E-state index contributed by atoms with van der Waals surface area (Å²) in [6, 6.07) is 9.73. The second kappa shape index (κ2) is 3.79. The molecule has 1 fully saturated rings. The third kappa shape index (κ3) is 1.88. The number of hydrogen-bond donors (Lipinski definition) is 1. The summed E-state index contributed by atoms with van der Waals surface area (Å²) in [6.07, 6.45) is 0. The van der Waals surface area contributed by atoms with E-state index in [0.29, 0.717) is 13.2 Å². The van der Waals surface area contributed by atoms with Crippen LogP contribution in [0.5, 0.6) is 5.75 Å². The van der Waals surface area contributed by atoms with Gasteiger partial charge < -0.3 is 14.8 Å². The molecule has 0 aromatic heterocycles. The Bertz CT molecular complexity index is 394. The lowest BCUT2D eigenvalue weighted by atomic mass is 9.99. The van der Waals surface area contributed by atoms with E-state index < -0.39 is 5.54 Å². The maximum absolute atomic E-state index is 9.00. The molecular weight excluding hydrogens is 192 g/mol. The molecule has 4 nitrogen and oxygen atoms in total. The number of benzene rings is 1. The molecule has 1 heterocycles. The fraction of sp³-hybridized carbons (Fsp3) is 0.364. The number of methoxy groups -OCH3 is 1. The maximum atomic E-state index is 9.00. The van der Waals surface area contributed by atoms with Crippen LogP contribution in [0.1, 0.15) is 0 Å². The van der Waals surface area contributed by atoms with E-state index in [2.05, 4.69) is 11.4 Å². The summed E-state index contributed by atoms with van der Waals surface area (Å²) in [5.74, 6) is 0.772. The van der Waals surface area contributed by atoms with Gasteiger partial charge in [-0.25, -0.2) is 0 Å². The van der Waals surface area contributed by atoms with Gasteiger partial charge in [-0.2, -0.15) is 5.26 Å². The van der Waals surface area contributed by atoms with Crippen molar-refractivity contribution in [2.75, 3.05) is 25.6 Å². The number of rotatable bonds is 3. The van der Waals surface area contributed by atoms with Crippen molar-refractivity contribution < 1.29 is 9.47 Å². The predicted octanol–water partition coefficient (Wildman–Crippen LogP) is 1.40. The highest BCUT2D eigenvalue weighted by atomic mass is 16.5. The molecule has 1 aromatic carbocycles. The minimum absolute atomic E-state index is 0.431. The Morgan fingerprint density at radius 3 is 2.87 bits per heavy atom. The van der Waals surface area contributed by atoms with Gasteiger partial charge in [-0.3, -0.25) is 0 Å². The molecule has 0 aliphatic carbocycles. The van der Waals surface area contributed by atoms with Crippen LogP contribution in [0.2, 0.25) is 0 Å². The van der Waals surface area contributed by atoms with Gasteiger partial charge in [0.2, 0.25) is 0 Å². The van der Waals surface area contributed by atoms with Crippen LogP contribution in [0.25, 0.3) is 0 Å². The van der Waals surface area contributed by atoms with Gasteiger partial charge in [-0.15, -0.1) is 0 Å². The Morgan fingerprint density at radius 2 is 2.33 bits per heavy atom. The summed E-state index contributed by atoms with van der Waals surface area (Å²) < 4.78 is 10.1. The molecular formula is C11H12N2O2. The summed E-state index contributed by atoms with van der Waals surface area (Å²) in [7, 11) is 1.62. The monoisotopic (exact) mass is 204 g/mol. The summed E-state index contributed by atoms with van der Waals surface area (Å²) in [6.45, 7) is 0.863. The second-order valence-electron chi connectivity index (χ2n) is 3.54. The van der Waals surface area contributed by atoms with Gasteiger partial charge >= 0.3 is 0 Å². The molecule has 0 amide bonds. The standard InChI is InChI=1S/C11H12N2O2/c1-14-10-4-2-3-9(5-10)13-11(6-12)7-15-8-11/h2-5,13H,7-8H2,1H3. The van der Waals surface area contributed by atoms with E-state index >= 15 is 0 Å². The van der Waals surface area contributed by atoms with Gasteiger partial charge in [0.05, 0.1) is 26.4 Å². The molecule has 2 rings (SSSR count). The van der Waals surface area contributed by atoms with Crippen LogP contribution in [0.15, 0.2) is 24.3 Å². The first-order valence-corrected chi connectivity index (χ1v) is 4.69. The topological polar surface area (TPSA) is 54.3 Å². The van der Waals surface area contributed by atoms with Gasteiger partial charge in [0, 0.05) is 11.8 Å². The lowest BCUT2D eigenvalue weighted by Crippen LogP contribution is -2.54. The first-order chi connectivity index (χ1) is 7.28. The molecule has 0 spiro atoms. The lowest BCUT2D eigenvalue weighted by Gasteiger charge is -2.36. The molecule has 0 atom stereocenters.